The molecule has 0 atom stereocenters. The van der Waals surface area contributed by atoms with Gasteiger partial charge in [-0.3, -0.25) is 4.79 Å². The summed E-state index contributed by atoms with van der Waals surface area (Å²) in [5.41, 5.74) is 6.47. The zero-order chi connectivity index (χ0) is 15.7. The topological polar surface area (TPSA) is 20.3 Å². The van der Waals surface area contributed by atoms with Crippen LogP contribution in [0.4, 0.5) is 0 Å². The summed E-state index contributed by atoms with van der Waals surface area (Å²) in [5.74, 6) is 0.115. The van der Waals surface area contributed by atoms with Crippen molar-refractivity contribution >= 4 is 19.7 Å². The van der Waals surface area contributed by atoms with Crippen molar-refractivity contribution in [2.24, 2.45) is 0 Å². The second-order valence-corrected chi connectivity index (χ2v) is 11.8. The first-order valence-corrected chi connectivity index (χ1v) is 11.2. The summed E-state index contributed by atoms with van der Waals surface area (Å²) in [6.45, 7) is 7.52. The highest BCUT2D eigenvalue weighted by Crippen LogP contribution is 2.35. The van der Waals surface area contributed by atoms with Gasteiger partial charge in [0, 0.05) is 16.8 Å². The number of nitrogens with zero attached hydrogens (tertiary/aromatic N) is 1. The highest BCUT2D eigenvalue weighted by Gasteiger charge is 2.32. The largest absolute Gasteiger partial charge is 0.304 e. The maximum absolute atomic E-state index is 12.8. The Morgan fingerprint density at radius 3 is 2.14 bits per heavy atom. The number of fused-ring (bicyclic) bond motifs is 1. The third-order valence-electron chi connectivity index (χ3n) is 3.72. The van der Waals surface area contributed by atoms with Gasteiger partial charge in [0.05, 0.1) is 14.6 Å². The van der Waals surface area contributed by atoms with Crippen LogP contribution in [-0.4, -0.2) is 18.9 Å². The van der Waals surface area contributed by atoms with E-state index in [2.05, 4.69) is 43.5 Å². The third kappa shape index (κ3) is 2.90. The van der Waals surface area contributed by atoms with Gasteiger partial charge in [0.25, 0.3) is 5.91 Å². The molecule has 1 amide bonds. The minimum absolute atomic E-state index is 0.115. The third-order valence-corrected chi connectivity index (χ3v) is 4.86. The molecule has 1 aliphatic heterocycles. The molecule has 2 aromatic carbocycles. The van der Waals surface area contributed by atoms with E-state index in [0.717, 1.165) is 22.4 Å². The lowest BCUT2D eigenvalue weighted by Gasteiger charge is -2.21. The molecule has 0 radical (unpaired) electrons. The Balaban J connectivity index is 2.05. The van der Waals surface area contributed by atoms with Crippen molar-refractivity contribution in [2.75, 3.05) is 0 Å². The van der Waals surface area contributed by atoms with E-state index in [1.54, 1.807) is 0 Å². The molecule has 0 N–H and O–H groups in total. The van der Waals surface area contributed by atoms with Crippen LogP contribution in [0, 0.1) is 0 Å². The van der Waals surface area contributed by atoms with Gasteiger partial charge in [-0.15, -0.1) is 0 Å². The SMILES string of the molecule is C[Si](C)(C)/C=C1\c2ccccc2C(=O)N1Cc1ccccc1. The maximum atomic E-state index is 12.8. The summed E-state index contributed by atoms with van der Waals surface area (Å²) in [7, 11) is -1.44. The molecule has 2 nitrogen and oxygen atoms in total. The van der Waals surface area contributed by atoms with Gasteiger partial charge >= 0.3 is 0 Å². The van der Waals surface area contributed by atoms with E-state index in [1.165, 1.54) is 0 Å². The van der Waals surface area contributed by atoms with Crippen molar-refractivity contribution in [3.8, 4) is 0 Å². The van der Waals surface area contributed by atoms with Crippen LogP contribution in [0.25, 0.3) is 5.70 Å². The van der Waals surface area contributed by atoms with E-state index in [9.17, 15) is 4.79 Å². The number of carbonyl (C=O) groups excluding carboxylic acids is 1. The van der Waals surface area contributed by atoms with Crippen molar-refractivity contribution in [3.63, 3.8) is 0 Å². The van der Waals surface area contributed by atoms with Crippen molar-refractivity contribution in [1.82, 2.24) is 4.90 Å². The van der Waals surface area contributed by atoms with Gasteiger partial charge in [0.15, 0.2) is 0 Å². The van der Waals surface area contributed by atoms with Crippen LogP contribution in [0.15, 0.2) is 60.3 Å². The fourth-order valence-corrected chi connectivity index (χ4v) is 3.91. The van der Waals surface area contributed by atoms with Gasteiger partial charge in [0.2, 0.25) is 0 Å². The molecule has 3 heteroatoms. The van der Waals surface area contributed by atoms with E-state index in [1.807, 2.05) is 41.3 Å². The molecule has 0 saturated carbocycles. The Morgan fingerprint density at radius 2 is 1.50 bits per heavy atom. The van der Waals surface area contributed by atoms with Crippen LogP contribution < -0.4 is 0 Å². The lowest BCUT2D eigenvalue weighted by Crippen LogP contribution is -2.25. The summed E-state index contributed by atoms with van der Waals surface area (Å²) in [6, 6.07) is 18.1. The number of hydrogen-bond donors (Lipinski definition) is 0. The van der Waals surface area contributed by atoms with Crippen molar-refractivity contribution < 1.29 is 4.79 Å². The summed E-state index contributed by atoms with van der Waals surface area (Å²) in [4.78, 5) is 14.7. The second-order valence-electron chi connectivity index (χ2n) is 6.82. The molecule has 0 bridgehead atoms. The van der Waals surface area contributed by atoms with Crippen molar-refractivity contribution in [2.45, 2.75) is 26.2 Å². The van der Waals surface area contributed by atoms with E-state index < -0.39 is 8.07 Å². The molecule has 1 aliphatic rings. The minimum atomic E-state index is -1.44. The lowest BCUT2D eigenvalue weighted by atomic mass is 10.1. The molecule has 112 valence electrons. The molecule has 0 aromatic heterocycles. The zero-order valence-corrected chi connectivity index (χ0v) is 14.3. The summed E-state index contributed by atoms with van der Waals surface area (Å²) < 4.78 is 0. The average Bonchev–Trinajstić information content (AvgIpc) is 2.73. The van der Waals surface area contributed by atoms with Gasteiger partial charge < -0.3 is 4.90 Å². The normalized spacial score (nSPS) is 16.2. The molecule has 1 heterocycles. The van der Waals surface area contributed by atoms with E-state index >= 15 is 0 Å². The Morgan fingerprint density at radius 1 is 0.909 bits per heavy atom. The fourth-order valence-electron chi connectivity index (χ4n) is 2.78. The van der Waals surface area contributed by atoms with Crippen molar-refractivity contribution in [3.05, 3.63) is 77.0 Å². The zero-order valence-electron chi connectivity index (χ0n) is 13.3. The first-order valence-electron chi connectivity index (χ1n) is 7.64. The Hall–Kier alpha value is -2.13. The van der Waals surface area contributed by atoms with Crippen LogP contribution in [0.5, 0.6) is 0 Å². The maximum Gasteiger partial charge on any atom is 0.259 e. The number of amides is 1. The van der Waals surface area contributed by atoms with E-state index in [0.29, 0.717) is 6.54 Å². The van der Waals surface area contributed by atoms with Gasteiger partial charge in [-0.2, -0.15) is 0 Å². The molecule has 0 unspecified atom stereocenters. The fraction of sp³-hybridized carbons (Fsp3) is 0.211. The summed E-state index contributed by atoms with van der Waals surface area (Å²) in [6.07, 6.45) is 0. The highest BCUT2D eigenvalue weighted by atomic mass is 28.3. The molecule has 22 heavy (non-hydrogen) atoms. The molecule has 0 aliphatic carbocycles. The number of rotatable bonds is 3. The van der Waals surface area contributed by atoms with Gasteiger partial charge in [0.1, 0.15) is 0 Å². The molecular formula is C19H21NOSi. The number of carbonyl (C=O) groups is 1. The standard InChI is InChI=1S/C19H21NOSi/c1-22(2,3)14-18-16-11-7-8-12-17(16)19(21)20(18)13-15-9-5-4-6-10-15/h4-12,14H,13H2,1-3H3/b18-14+. The van der Waals surface area contributed by atoms with E-state index in [-0.39, 0.29) is 5.91 Å². The van der Waals surface area contributed by atoms with Crippen LogP contribution >= 0.6 is 0 Å². The molecular weight excluding hydrogens is 286 g/mol. The monoisotopic (exact) mass is 307 g/mol. The highest BCUT2D eigenvalue weighted by molar-refractivity contribution is 6.81. The van der Waals surface area contributed by atoms with Crippen LogP contribution in [0.2, 0.25) is 19.6 Å². The average molecular weight is 307 g/mol. The first-order chi connectivity index (χ1) is 10.5. The predicted octanol–water partition coefficient (Wildman–Crippen LogP) is 4.56. The Kier molecular flexibility index (Phi) is 3.75. The summed E-state index contributed by atoms with van der Waals surface area (Å²) >= 11 is 0. The molecule has 2 aromatic rings. The smallest absolute Gasteiger partial charge is 0.259 e. The predicted molar refractivity (Wildman–Crippen MR) is 94.1 cm³/mol. The lowest BCUT2D eigenvalue weighted by molar-refractivity contribution is 0.0843. The second kappa shape index (κ2) is 5.58. The van der Waals surface area contributed by atoms with E-state index in [4.69, 9.17) is 0 Å². The van der Waals surface area contributed by atoms with Crippen molar-refractivity contribution in [1.29, 1.82) is 0 Å². The van der Waals surface area contributed by atoms with Gasteiger partial charge in [-0.05, 0) is 11.6 Å². The molecule has 0 saturated heterocycles. The van der Waals surface area contributed by atoms with Gasteiger partial charge in [-0.25, -0.2) is 0 Å². The Bertz CT molecular complexity index is 729. The van der Waals surface area contributed by atoms with Crippen LogP contribution in [-0.2, 0) is 6.54 Å². The number of hydrogen-bond acceptors (Lipinski definition) is 1. The molecule has 0 fully saturated rings. The minimum Gasteiger partial charge on any atom is -0.304 e. The summed E-state index contributed by atoms with van der Waals surface area (Å²) in [5, 5.41) is 0. The Labute approximate surface area is 133 Å². The molecule has 3 rings (SSSR count). The molecule has 0 spiro atoms. The first kappa shape index (κ1) is 14.8. The van der Waals surface area contributed by atoms with Crippen LogP contribution in [0.3, 0.4) is 0 Å². The van der Waals surface area contributed by atoms with Gasteiger partial charge in [-0.1, -0.05) is 73.9 Å². The van der Waals surface area contributed by atoms with Crippen LogP contribution in [0.1, 0.15) is 21.5 Å². The number of benzene rings is 2. The quantitative estimate of drug-likeness (QED) is 0.761.